The molecule has 0 bridgehead atoms. The normalized spacial score (nSPS) is 14.8. The van der Waals surface area contributed by atoms with E-state index in [2.05, 4.69) is 34.5 Å². The quantitative estimate of drug-likeness (QED) is 0.333. The van der Waals surface area contributed by atoms with Crippen LogP contribution in [-0.4, -0.2) is 12.7 Å². The Labute approximate surface area is 192 Å². The second kappa shape index (κ2) is 8.02. The molecule has 0 aromatic heterocycles. The number of hydrogen-bond acceptors (Lipinski definition) is 4. The molecule has 1 aliphatic heterocycles. The molecule has 0 fully saturated rings. The fourth-order valence-electron chi connectivity index (χ4n) is 4.72. The van der Waals surface area contributed by atoms with Crippen molar-refractivity contribution in [1.82, 2.24) is 0 Å². The van der Waals surface area contributed by atoms with Crippen molar-refractivity contribution in [2.24, 2.45) is 10.2 Å². The lowest BCUT2D eigenvalue weighted by atomic mass is 9.98. The first-order valence-corrected chi connectivity index (χ1v) is 11.0. The fourth-order valence-corrected chi connectivity index (χ4v) is 4.72. The van der Waals surface area contributed by atoms with Crippen LogP contribution in [0.5, 0.6) is 0 Å². The molecule has 160 valence electrons. The second-order valence-corrected chi connectivity index (χ2v) is 8.21. The zero-order chi connectivity index (χ0) is 22.2. The summed E-state index contributed by atoms with van der Waals surface area (Å²) in [5.74, 6) is 0.0123. The lowest BCUT2D eigenvalue weighted by molar-refractivity contribution is 0.150. The molecule has 0 unspecified atom stereocenters. The van der Waals surface area contributed by atoms with Gasteiger partial charge in [-0.25, -0.2) is 4.79 Å². The van der Waals surface area contributed by atoms with E-state index >= 15 is 0 Å². The molecule has 2 aliphatic rings. The van der Waals surface area contributed by atoms with E-state index in [0.29, 0.717) is 17.9 Å². The highest BCUT2D eigenvalue weighted by Gasteiger charge is 2.30. The van der Waals surface area contributed by atoms with Gasteiger partial charge in [0, 0.05) is 5.92 Å². The van der Waals surface area contributed by atoms with Gasteiger partial charge in [0.2, 0.25) is 0 Å². The monoisotopic (exact) mass is 431 g/mol. The molecule has 4 aromatic rings. The highest BCUT2D eigenvalue weighted by Crippen LogP contribution is 2.44. The predicted molar refractivity (Wildman–Crippen MR) is 128 cm³/mol. The standard InChI is InChI=1S/C28H21N3O2/c32-28(33-18-24-22-12-4-2-10-20(22)21-11-3-5-13-23(21)24)31-17-19-9-1-6-14-25(19)29-30-26-15-7-8-16-27(26)31/h1-16,24H,17-18H2/b30-29-. The summed E-state index contributed by atoms with van der Waals surface area (Å²) in [6, 6.07) is 31.9. The number of hydrogen-bond donors (Lipinski definition) is 0. The van der Waals surface area contributed by atoms with Crippen molar-refractivity contribution in [3.05, 3.63) is 114 Å². The Balaban J connectivity index is 1.32. The second-order valence-electron chi connectivity index (χ2n) is 8.21. The van der Waals surface area contributed by atoms with E-state index in [9.17, 15) is 4.79 Å². The summed E-state index contributed by atoms with van der Waals surface area (Å²) in [6.45, 7) is 0.636. The molecule has 6 rings (SSSR count). The highest BCUT2D eigenvalue weighted by atomic mass is 16.6. The topological polar surface area (TPSA) is 54.3 Å². The zero-order valence-corrected chi connectivity index (χ0v) is 17.9. The SMILES string of the molecule is O=C(OCC1c2ccccc2-c2ccccc21)N1Cc2ccccc2/N=N\c2ccccc21. The minimum Gasteiger partial charge on any atom is -0.448 e. The van der Waals surface area contributed by atoms with Crippen LogP contribution < -0.4 is 4.90 Å². The van der Waals surface area contributed by atoms with Crippen molar-refractivity contribution in [3.8, 4) is 11.1 Å². The minimum absolute atomic E-state index is 0.0123. The van der Waals surface area contributed by atoms with Gasteiger partial charge in [0.1, 0.15) is 12.3 Å². The molecular formula is C28H21N3O2. The molecule has 0 saturated carbocycles. The minimum atomic E-state index is -0.392. The molecule has 5 heteroatoms. The number of amides is 1. The Hall–Kier alpha value is -4.25. The molecule has 0 saturated heterocycles. The van der Waals surface area contributed by atoms with Gasteiger partial charge in [-0.05, 0) is 46.0 Å². The van der Waals surface area contributed by atoms with Gasteiger partial charge in [0.25, 0.3) is 0 Å². The first-order valence-electron chi connectivity index (χ1n) is 11.0. The molecule has 4 aromatic carbocycles. The van der Waals surface area contributed by atoms with E-state index in [1.807, 2.05) is 72.8 Å². The molecule has 0 radical (unpaired) electrons. The Morgan fingerprint density at radius 2 is 1.33 bits per heavy atom. The van der Waals surface area contributed by atoms with E-state index in [-0.39, 0.29) is 12.5 Å². The van der Waals surface area contributed by atoms with Gasteiger partial charge in [-0.15, -0.1) is 5.11 Å². The summed E-state index contributed by atoms with van der Waals surface area (Å²) in [5, 5.41) is 8.78. The maximum Gasteiger partial charge on any atom is 0.414 e. The summed E-state index contributed by atoms with van der Waals surface area (Å²) in [4.78, 5) is 15.1. The van der Waals surface area contributed by atoms with E-state index in [1.54, 1.807) is 4.90 Å². The van der Waals surface area contributed by atoms with Crippen molar-refractivity contribution in [2.75, 3.05) is 11.5 Å². The molecule has 5 nitrogen and oxygen atoms in total. The van der Waals surface area contributed by atoms with Crippen LogP contribution in [0.25, 0.3) is 11.1 Å². The van der Waals surface area contributed by atoms with Gasteiger partial charge >= 0.3 is 6.09 Å². The van der Waals surface area contributed by atoms with Crippen molar-refractivity contribution in [1.29, 1.82) is 0 Å². The Morgan fingerprint density at radius 1 is 0.758 bits per heavy atom. The number of azo groups is 1. The number of carbonyl (C=O) groups is 1. The van der Waals surface area contributed by atoms with Gasteiger partial charge in [0.05, 0.1) is 17.9 Å². The van der Waals surface area contributed by atoms with Gasteiger partial charge in [0.15, 0.2) is 0 Å². The van der Waals surface area contributed by atoms with E-state index in [0.717, 1.165) is 11.3 Å². The summed E-state index contributed by atoms with van der Waals surface area (Å²) in [5.41, 5.74) is 7.80. The molecule has 1 heterocycles. The van der Waals surface area contributed by atoms with Gasteiger partial charge < -0.3 is 4.74 Å². The van der Waals surface area contributed by atoms with E-state index in [1.165, 1.54) is 22.3 Å². The Bertz CT molecular complexity index is 1350. The Morgan fingerprint density at radius 3 is 2.09 bits per heavy atom. The first kappa shape index (κ1) is 19.4. The third-order valence-electron chi connectivity index (χ3n) is 6.31. The number of para-hydroxylation sites is 1. The average Bonchev–Trinajstić information content (AvgIpc) is 3.18. The van der Waals surface area contributed by atoms with Crippen LogP contribution in [0.15, 0.2) is 107 Å². The fraction of sp³-hybridized carbons (Fsp3) is 0.107. The Kier molecular flexibility index (Phi) is 4.73. The number of anilines is 1. The van der Waals surface area contributed by atoms with E-state index < -0.39 is 6.09 Å². The number of ether oxygens (including phenoxy) is 1. The summed E-state index contributed by atoms with van der Waals surface area (Å²) in [7, 11) is 0. The van der Waals surface area contributed by atoms with Gasteiger partial charge in [-0.3, -0.25) is 4.90 Å². The molecule has 0 atom stereocenters. The molecular weight excluding hydrogens is 410 g/mol. The average molecular weight is 431 g/mol. The number of carbonyl (C=O) groups excluding carboxylic acids is 1. The lowest BCUT2D eigenvalue weighted by Crippen LogP contribution is -2.32. The summed E-state index contributed by atoms with van der Waals surface area (Å²) < 4.78 is 5.96. The molecule has 1 aliphatic carbocycles. The number of nitrogens with zero attached hydrogens (tertiary/aromatic N) is 3. The van der Waals surface area contributed by atoms with Crippen LogP contribution in [0.2, 0.25) is 0 Å². The third kappa shape index (κ3) is 3.38. The van der Waals surface area contributed by atoms with Crippen molar-refractivity contribution >= 4 is 23.2 Å². The van der Waals surface area contributed by atoms with Crippen LogP contribution in [0, 0.1) is 0 Å². The number of benzene rings is 4. The van der Waals surface area contributed by atoms with Crippen LogP contribution in [-0.2, 0) is 11.3 Å². The number of rotatable bonds is 2. The zero-order valence-electron chi connectivity index (χ0n) is 17.9. The third-order valence-corrected chi connectivity index (χ3v) is 6.31. The smallest absolute Gasteiger partial charge is 0.414 e. The van der Waals surface area contributed by atoms with E-state index in [4.69, 9.17) is 4.74 Å². The van der Waals surface area contributed by atoms with Gasteiger partial charge in [-0.1, -0.05) is 78.9 Å². The molecule has 33 heavy (non-hydrogen) atoms. The predicted octanol–water partition coefficient (Wildman–Crippen LogP) is 7.37. The van der Waals surface area contributed by atoms with Crippen molar-refractivity contribution in [3.63, 3.8) is 0 Å². The molecule has 0 spiro atoms. The molecule has 1 amide bonds. The lowest BCUT2D eigenvalue weighted by Gasteiger charge is -2.26. The van der Waals surface area contributed by atoms with Crippen LogP contribution in [0.4, 0.5) is 21.9 Å². The van der Waals surface area contributed by atoms with Gasteiger partial charge in [-0.2, -0.15) is 5.11 Å². The maximum absolute atomic E-state index is 13.4. The maximum atomic E-state index is 13.4. The van der Waals surface area contributed by atoms with Crippen molar-refractivity contribution in [2.45, 2.75) is 12.5 Å². The highest BCUT2D eigenvalue weighted by molar-refractivity contribution is 5.92. The van der Waals surface area contributed by atoms with Crippen LogP contribution in [0.3, 0.4) is 0 Å². The van der Waals surface area contributed by atoms with Crippen molar-refractivity contribution < 1.29 is 9.53 Å². The van der Waals surface area contributed by atoms with Crippen LogP contribution >= 0.6 is 0 Å². The summed E-state index contributed by atoms with van der Waals surface area (Å²) in [6.07, 6.45) is -0.392. The number of fused-ring (bicyclic) bond motifs is 5. The largest absolute Gasteiger partial charge is 0.448 e. The molecule has 0 N–H and O–H groups in total. The summed E-state index contributed by atoms with van der Waals surface area (Å²) >= 11 is 0. The first-order chi connectivity index (χ1) is 16.3. The van der Waals surface area contributed by atoms with Crippen LogP contribution in [0.1, 0.15) is 22.6 Å².